The highest BCUT2D eigenvalue weighted by Gasteiger charge is 2.26. The third kappa shape index (κ3) is 5.17. The molecule has 0 aliphatic carbocycles. The van der Waals surface area contributed by atoms with Gasteiger partial charge in [-0.05, 0) is 42.8 Å². The van der Waals surface area contributed by atoms with Gasteiger partial charge in [0, 0.05) is 52.0 Å². The molecule has 1 saturated heterocycles. The smallest absolute Gasteiger partial charge is 0.258 e. The number of benzene rings is 2. The van der Waals surface area contributed by atoms with Crippen molar-refractivity contribution in [3.8, 4) is 5.75 Å². The molecule has 4 rings (SSSR count). The molecule has 6 nitrogen and oxygen atoms in total. The number of fused-ring (bicyclic) bond motifs is 1. The molecule has 1 N–H and O–H groups in total. The molecule has 7 heteroatoms. The molecule has 0 radical (unpaired) electrons. The van der Waals surface area contributed by atoms with Gasteiger partial charge in [-0.15, -0.1) is 0 Å². The summed E-state index contributed by atoms with van der Waals surface area (Å²) < 4.78 is 19.1. The Morgan fingerprint density at radius 2 is 1.87 bits per heavy atom. The van der Waals surface area contributed by atoms with E-state index in [0.29, 0.717) is 6.54 Å². The molecule has 2 heterocycles. The summed E-state index contributed by atoms with van der Waals surface area (Å²) in [5.74, 6) is -0.618. The van der Waals surface area contributed by atoms with Crippen LogP contribution in [0.3, 0.4) is 0 Å². The van der Waals surface area contributed by atoms with Gasteiger partial charge in [0.2, 0.25) is 0 Å². The van der Waals surface area contributed by atoms with Crippen LogP contribution in [-0.2, 0) is 11.2 Å². The van der Waals surface area contributed by atoms with Gasteiger partial charge >= 0.3 is 0 Å². The number of rotatable bonds is 7. The molecule has 31 heavy (non-hydrogen) atoms. The summed E-state index contributed by atoms with van der Waals surface area (Å²) in [6.45, 7) is 5.27. The monoisotopic (exact) mass is 426 g/mol. The number of piperazine rings is 1. The third-order valence-corrected chi connectivity index (χ3v) is 6.28. The second kappa shape index (κ2) is 9.66. The van der Waals surface area contributed by atoms with Crippen LogP contribution in [0.1, 0.15) is 17.2 Å². The highest BCUT2D eigenvalue weighted by molar-refractivity contribution is 5.77. The predicted octanol–water partition coefficient (Wildman–Crippen LogP) is 2.30. The van der Waals surface area contributed by atoms with Gasteiger partial charge in [0.05, 0.1) is 6.04 Å². The highest BCUT2D eigenvalue weighted by Crippen LogP contribution is 2.31. The minimum atomic E-state index is -0.464. The summed E-state index contributed by atoms with van der Waals surface area (Å²) in [6, 6.07) is 12.9. The van der Waals surface area contributed by atoms with Crippen molar-refractivity contribution in [3.05, 3.63) is 59.4 Å². The number of nitrogens with one attached hydrogen (secondary N) is 1. The Kier molecular flexibility index (Phi) is 6.73. The van der Waals surface area contributed by atoms with Gasteiger partial charge in [-0.3, -0.25) is 9.69 Å². The second-order valence-corrected chi connectivity index (χ2v) is 8.44. The first-order chi connectivity index (χ1) is 15.0. The Morgan fingerprint density at radius 1 is 1.10 bits per heavy atom. The number of carbonyl (C=O) groups excluding carboxylic acids is 1. The third-order valence-electron chi connectivity index (χ3n) is 6.28. The van der Waals surface area contributed by atoms with Crippen LogP contribution in [0.15, 0.2) is 42.5 Å². The molecule has 166 valence electrons. The van der Waals surface area contributed by atoms with Crippen molar-refractivity contribution in [3.63, 3.8) is 0 Å². The lowest BCUT2D eigenvalue weighted by molar-refractivity contribution is -0.123. The zero-order valence-electron chi connectivity index (χ0n) is 18.3. The molecule has 2 aromatic carbocycles. The number of ether oxygens (including phenoxy) is 1. The van der Waals surface area contributed by atoms with Crippen molar-refractivity contribution >= 4 is 11.6 Å². The second-order valence-electron chi connectivity index (χ2n) is 8.44. The van der Waals surface area contributed by atoms with Crippen molar-refractivity contribution in [2.75, 3.05) is 64.9 Å². The predicted molar refractivity (Wildman–Crippen MR) is 120 cm³/mol. The Bertz CT molecular complexity index is 914. The quantitative estimate of drug-likeness (QED) is 0.736. The Morgan fingerprint density at radius 3 is 2.65 bits per heavy atom. The van der Waals surface area contributed by atoms with E-state index in [1.165, 1.54) is 28.9 Å². The molecule has 1 fully saturated rings. The molecular formula is C24H31FN4O2. The van der Waals surface area contributed by atoms with Gasteiger partial charge in [-0.25, -0.2) is 4.39 Å². The molecule has 0 aromatic heterocycles. The fourth-order valence-electron chi connectivity index (χ4n) is 4.35. The minimum absolute atomic E-state index is 0.0935. The van der Waals surface area contributed by atoms with Crippen LogP contribution >= 0.6 is 0 Å². The van der Waals surface area contributed by atoms with Crippen molar-refractivity contribution in [2.24, 2.45) is 0 Å². The van der Waals surface area contributed by atoms with Gasteiger partial charge in [0.1, 0.15) is 0 Å². The first kappa shape index (κ1) is 21.6. The van der Waals surface area contributed by atoms with Gasteiger partial charge in [0.25, 0.3) is 5.91 Å². The lowest BCUT2D eigenvalue weighted by atomic mass is 10.00. The van der Waals surface area contributed by atoms with E-state index in [9.17, 15) is 9.18 Å². The average molecular weight is 427 g/mol. The van der Waals surface area contributed by atoms with E-state index in [0.717, 1.165) is 39.1 Å². The first-order valence-corrected chi connectivity index (χ1v) is 10.9. The lowest BCUT2D eigenvalue weighted by Gasteiger charge is -2.38. The summed E-state index contributed by atoms with van der Waals surface area (Å²) >= 11 is 0. The van der Waals surface area contributed by atoms with Crippen LogP contribution in [0, 0.1) is 5.82 Å². The number of amides is 1. The average Bonchev–Trinajstić information content (AvgIpc) is 3.15. The molecule has 1 amide bonds. The molecule has 2 aliphatic heterocycles. The normalized spacial score (nSPS) is 18.0. The standard InChI is InChI=1S/C24H31FN4O2/c1-27-11-13-29(14-12-27)22(18-7-8-21-19(15-18)9-10-28(21)2)16-26-24(30)17-31-23-6-4-3-5-20(23)25/h3-8,15,22H,9-14,16-17H2,1-2H3,(H,26,30)/t22-/m0/s1. The van der Waals surface area contributed by atoms with E-state index >= 15 is 0 Å². The van der Waals surface area contributed by atoms with Gasteiger partial charge in [-0.1, -0.05) is 24.3 Å². The summed E-state index contributed by atoms with van der Waals surface area (Å²) in [5.41, 5.74) is 3.89. The van der Waals surface area contributed by atoms with E-state index in [2.05, 4.69) is 52.3 Å². The van der Waals surface area contributed by atoms with E-state index in [1.807, 2.05) is 0 Å². The number of nitrogens with zero attached hydrogens (tertiary/aromatic N) is 3. The molecule has 2 aliphatic rings. The maximum absolute atomic E-state index is 13.7. The number of hydrogen-bond donors (Lipinski definition) is 1. The summed E-state index contributed by atoms with van der Waals surface area (Å²) in [6.07, 6.45) is 1.05. The zero-order valence-corrected chi connectivity index (χ0v) is 18.3. The first-order valence-electron chi connectivity index (χ1n) is 10.9. The minimum Gasteiger partial charge on any atom is -0.481 e. The van der Waals surface area contributed by atoms with Crippen LogP contribution in [0.25, 0.3) is 0 Å². The van der Waals surface area contributed by atoms with E-state index < -0.39 is 5.82 Å². The van der Waals surface area contributed by atoms with Crippen molar-refractivity contribution < 1.29 is 13.9 Å². The fraction of sp³-hybridized carbons (Fsp3) is 0.458. The Hall–Kier alpha value is -2.64. The molecule has 1 atom stereocenters. The largest absolute Gasteiger partial charge is 0.481 e. The maximum Gasteiger partial charge on any atom is 0.258 e. The van der Waals surface area contributed by atoms with Crippen molar-refractivity contribution in [1.29, 1.82) is 0 Å². The molecule has 0 saturated carbocycles. The molecule has 0 spiro atoms. The van der Waals surface area contributed by atoms with E-state index in [1.54, 1.807) is 12.1 Å². The lowest BCUT2D eigenvalue weighted by Crippen LogP contribution is -2.48. The van der Waals surface area contributed by atoms with Crippen molar-refractivity contribution in [2.45, 2.75) is 12.5 Å². The molecule has 0 bridgehead atoms. The zero-order chi connectivity index (χ0) is 21.8. The summed E-state index contributed by atoms with van der Waals surface area (Å²) in [7, 11) is 4.26. The Labute approximate surface area is 183 Å². The van der Waals surface area contributed by atoms with Crippen molar-refractivity contribution in [1.82, 2.24) is 15.1 Å². The number of para-hydroxylation sites is 1. The van der Waals surface area contributed by atoms with E-state index in [-0.39, 0.29) is 24.3 Å². The van der Waals surface area contributed by atoms with Crippen LogP contribution in [0.2, 0.25) is 0 Å². The summed E-state index contributed by atoms with van der Waals surface area (Å²) in [5, 5.41) is 3.00. The number of hydrogen-bond acceptors (Lipinski definition) is 5. The highest BCUT2D eigenvalue weighted by atomic mass is 19.1. The Balaban J connectivity index is 1.42. The van der Waals surface area contributed by atoms with Gasteiger partial charge < -0.3 is 19.9 Å². The number of carbonyl (C=O) groups is 1. The van der Waals surface area contributed by atoms with E-state index in [4.69, 9.17) is 4.74 Å². The van der Waals surface area contributed by atoms with Crippen LogP contribution < -0.4 is 15.0 Å². The van der Waals surface area contributed by atoms with Gasteiger partial charge in [0.15, 0.2) is 18.2 Å². The molecule has 2 aromatic rings. The topological polar surface area (TPSA) is 48.1 Å². The number of halogens is 1. The number of anilines is 1. The molecular weight excluding hydrogens is 395 g/mol. The SMILES string of the molecule is CN1CCN([C@@H](CNC(=O)COc2ccccc2F)c2ccc3c(c2)CCN3C)CC1. The molecule has 0 unspecified atom stereocenters. The fourth-order valence-corrected chi connectivity index (χ4v) is 4.35. The van der Waals surface area contributed by atoms with Crippen LogP contribution in [0.4, 0.5) is 10.1 Å². The maximum atomic E-state index is 13.7. The van der Waals surface area contributed by atoms with Gasteiger partial charge in [-0.2, -0.15) is 0 Å². The summed E-state index contributed by atoms with van der Waals surface area (Å²) in [4.78, 5) is 19.5. The van der Waals surface area contributed by atoms with Crippen LogP contribution in [0.5, 0.6) is 5.75 Å². The number of likely N-dealkylation sites (N-methyl/N-ethyl adjacent to an activating group) is 2. The van der Waals surface area contributed by atoms with Crippen LogP contribution in [-0.4, -0.2) is 75.7 Å².